The number of Topliss-reactive ketones (excluding diaryl/α,β-unsaturated/α-hetero) is 1. The number of rotatable bonds is 9. The van der Waals surface area contributed by atoms with Gasteiger partial charge in [-0.1, -0.05) is 62.8 Å². The Morgan fingerprint density at radius 2 is 1.78 bits per heavy atom. The van der Waals surface area contributed by atoms with Gasteiger partial charge in [-0.25, -0.2) is 0 Å². The number of carbonyl (C=O) groups excluding carboxylic acids is 1. The molecule has 0 aliphatic heterocycles. The molecule has 23 heavy (non-hydrogen) atoms. The van der Waals surface area contributed by atoms with E-state index in [1.54, 1.807) is 0 Å². The zero-order chi connectivity index (χ0) is 17.3. The Balaban J connectivity index is 2.69. The van der Waals surface area contributed by atoms with Crippen molar-refractivity contribution in [2.75, 3.05) is 6.54 Å². The fraction of sp³-hybridized carbons (Fsp3) is 0.529. The van der Waals surface area contributed by atoms with Gasteiger partial charge < -0.3 is 0 Å². The van der Waals surface area contributed by atoms with Gasteiger partial charge in [0.2, 0.25) is 5.78 Å². The summed E-state index contributed by atoms with van der Waals surface area (Å²) in [6.45, 7) is 2.11. The number of hydrogen-bond acceptors (Lipinski definition) is 2. The number of alkyl halides is 3. The molecule has 128 valence electrons. The zero-order valence-electron chi connectivity index (χ0n) is 13.1. The molecular formula is C17H21ClF3NO. The topological polar surface area (TPSA) is 29.4 Å². The van der Waals surface area contributed by atoms with Crippen LogP contribution in [0.3, 0.4) is 0 Å². The molecule has 0 saturated carbocycles. The molecule has 0 fully saturated rings. The third kappa shape index (κ3) is 7.16. The molecule has 6 heteroatoms. The minimum absolute atomic E-state index is 0.00722. The molecule has 1 aromatic carbocycles. The van der Waals surface area contributed by atoms with Crippen molar-refractivity contribution >= 4 is 23.1 Å². The Bertz CT molecular complexity index is 541. The van der Waals surface area contributed by atoms with Crippen molar-refractivity contribution in [3.8, 4) is 0 Å². The van der Waals surface area contributed by atoms with Crippen molar-refractivity contribution in [1.29, 1.82) is 0 Å². The summed E-state index contributed by atoms with van der Waals surface area (Å²) >= 11 is 5.72. The lowest BCUT2D eigenvalue weighted by molar-refractivity contribution is -0.0583. The monoisotopic (exact) mass is 347 g/mol. The van der Waals surface area contributed by atoms with Gasteiger partial charge in [0.1, 0.15) is 0 Å². The number of aliphatic imine (C=N–C) groups is 1. The van der Waals surface area contributed by atoms with Crippen molar-refractivity contribution in [3.05, 3.63) is 34.9 Å². The number of halogens is 4. The molecule has 0 aromatic heterocycles. The smallest absolute Gasteiger partial charge is 0.287 e. The molecule has 0 heterocycles. The van der Waals surface area contributed by atoms with Crippen LogP contribution in [0.2, 0.25) is 5.02 Å². The summed E-state index contributed by atoms with van der Waals surface area (Å²) in [5.41, 5.74) is -1.45. The largest absolute Gasteiger partial charge is 0.436 e. The third-order valence-electron chi connectivity index (χ3n) is 3.35. The highest BCUT2D eigenvalue weighted by atomic mass is 35.5. The van der Waals surface area contributed by atoms with Gasteiger partial charge in [-0.2, -0.15) is 13.2 Å². The van der Waals surface area contributed by atoms with Gasteiger partial charge >= 0.3 is 6.18 Å². The van der Waals surface area contributed by atoms with Gasteiger partial charge in [0.05, 0.1) is 0 Å². The standard InChI is InChI=1S/C17H21ClF3NO/c1-2-3-4-5-6-7-11-22-16(17(19,20)21)15(23)13-9-8-10-14(18)12-13/h8-10,12H,2-7,11H2,1H3. The first kappa shape index (κ1) is 19.7. The maximum absolute atomic E-state index is 13.0. The molecule has 0 amide bonds. The SMILES string of the molecule is CCCCCCCCN=C(C(=O)c1cccc(Cl)c1)C(F)(F)F. The first-order chi connectivity index (χ1) is 10.9. The summed E-state index contributed by atoms with van der Waals surface area (Å²) in [6.07, 6.45) is 0.906. The van der Waals surface area contributed by atoms with E-state index in [4.69, 9.17) is 11.6 Å². The van der Waals surface area contributed by atoms with Crippen molar-refractivity contribution in [2.24, 2.45) is 4.99 Å². The lowest BCUT2D eigenvalue weighted by Gasteiger charge is -2.10. The molecule has 0 unspecified atom stereocenters. The van der Waals surface area contributed by atoms with Gasteiger partial charge in [-0.3, -0.25) is 9.79 Å². The van der Waals surface area contributed by atoms with Crippen LogP contribution in [0.4, 0.5) is 13.2 Å². The summed E-state index contributed by atoms with van der Waals surface area (Å²) in [5.74, 6) is -1.13. The van der Waals surface area contributed by atoms with Gasteiger partial charge in [-0.05, 0) is 18.6 Å². The van der Waals surface area contributed by atoms with Crippen LogP contribution in [0.25, 0.3) is 0 Å². The second-order valence-electron chi connectivity index (χ2n) is 5.34. The quantitative estimate of drug-likeness (QED) is 0.311. The second-order valence-corrected chi connectivity index (χ2v) is 5.77. The molecule has 0 radical (unpaired) electrons. The van der Waals surface area contributed by atoms with Crippen molar-refractivity contribution in [2.45, 2.75) is 51.6 Å². The average molecular weight is 348 g/mol. The Morgan fingerprint density at radius 1 is 1.13 bits per heavy atom. The van der Waals surface area contributed by atoms with Gasteiger partial charge in [0.15, 0.2) is 5.71 Å². The predicted molar refractivity (Wildman–Crippen MR) is 87.5 cm³/mol. The van der Waals surface area contributed by atoms with E-state index in [0.29, 0.717) is 6.42 Å². The molecule has 0 aliphatic rings. The highest BCUT2D eigenvalue weighted by Crippen LogP contribution is 2.22. The highest BCUT2D eigenvalue weighted by Gasteiger charge is 2.40. The van der Waals surface area contributed by atoms with E-state index in [2.05, 4.69) is 11.9 Å². The van der Waals surface area contributed by atoms with Crippen LogP contribution in [-0.4, -0.2) is 24.2 Å². The van der Waals surface area contributed by atoms with Crippen molar-refractivity contribution in [1.82, 2.24) is 0 Å². The highest BCUT2D eigenvalue weighted by molar-refractivity contribution is 6.48. The molecule has 2 nitrogen and oxygen atoms in total. The van der Waals surface area contributed by atoms with E-state index in [1.807, 2.05) is 0 Å². The fourth-order valence-corrected chi connectivity index (χ4v) is 2.33. The van der Waals surface area contributed by atoms with E-state index in [-0.39, 0.29) is 17.1 Å². The van der Waals surface area contributed by atoms with Crippen LogP contribution >= 0.6 is 11.6 Å². The lowest BCUT2D eigenvalue weighted by Crippen LogP contribution is -2.31. The molecule has 0 saturated heterocycles. The molecule has 1 rings (SSSR count). The number of carbonyl (C=O) groups is 1. The number of nitrogens with zero attached hydrogens (tertiary/aromatic N) is 1. The Labute approximate surface area is 139 Å². The summed E-state index contributed by atoms with van der Waals surface area (Å²) in [6, 6.07) is 5.46. The van der Waals surface area contributed by atoms with Crippen LogP contribution in [0.5, 0.6) is 0 Å². The van der Waals surface area contributed by atoms with Crippen molar-refractivity contribution < 1.29 is 18.0 Å². The maximum atomic E-state index is 13.0. The summed E-state index contributed by atoms with van der Waals surface area (Å²) in [5, 5.41) is 0.216. The predicted octanol–water partition coefficient (Wildman–Crippen LogP) is 5.89. The normalized spacial score (nSPS) is 12.5. The van der Waals surface area contributed by atoms with Gasteiger partial charge in [0, 0.05) is 17.1 Å². The Kier molecular flexibility index (Phi) is 8.31. The number of hydrogen-bond donors (Lipinski definition) is 0. The molecule has 0 N–H and O–H groups in total. The first-order valence-electron chi connectivity index (χ1n) is 7.78. The van der Waals surface area contributed by atoms with Crippen LogP contribution < -0.4 is 0 Å². The molecule has 1 aromatic rings. The van der Waals surface area contributed by atoms with Gasteiger partial charge in [0.25, 0.3) is 0 Å². The second kappa shape index (κ2) is 9.71. The summed E-state index contributed by atoms with van der Waals surface area (Å²) < 4.78 is 39.1. The molecule has 0 aliphatic carbocycles. The summed E-state index contributed by atoms with van der Waals surface area (Å²) in [7, 11) is 0. The van der Waals surface area contributed by atoms with E-state index in [9.17, 15) is 18.0 Å². The van der Waals surface area contributed by atoms with Crippen molar-refractivity contribution in [3.63, 3.8) is 0 Å². The first-order valence-corrected chi connectivity index (χ1v) is 8.16. The van der Waals surface area contributed by atoms with E-state index >= 15 is 0 Å². The number of ketones is 1. The van der Waals surface area contributed by atoms with Crippen LogP contribution in [0.15, 0.2) is 29.3 Å². The van der Waals surface area contributed by atoms with E-state index in [1.165, 1.54) is 24.3 Å². The molecular weight excluding hydrogens is 327 g/mol. The molecule has 0 atom stereocenters. The Hall–Kier alpha value is -1.36. The lowest BCUT2D eigenvalue weighted by atomic mass is 10.1. The van der Waals surface area contributed by atoms with Crippen LogP contribution in [0, 0.1) is 0 Å². The minimum atomic E-state index is -4.76. The number of benzene rings is 1. The maximum Gasteiger partial charge on any atom is 0.436 e. The molecule has 0 spiro atoms. The number of unbranched alkanes of at least 4 members (excludes halogenated alkanes) is 5. The van der Waals surface area contributed by atoms with Crippen LogP contribution in [-0.2, 0) is 0 Å². The van der Waals surface area contributed by atoms with E-state index < -0.39 is 17.7 Å². The summed E-state index contributed by atoms with van der Waals surface area (Å²) in [4.78, 5) is 15.6. The van der Waals surface area contributed by atoms with Gasteiger partial charge in [-0.15, -0.1) is 0 Å². The fourth-order valence-electron chi connectivity index (χ4n) is 2.14. The zero-order valence-corrected chi connectivity index (χ0v) is 13.9. The average Bonchev–Trinajstić information content (AvgIpc) is 2.48. The van der Waals surface area contributed by atoms with E-state index in [0.717, 1.165) is 32.1 Å². The Morgan fingerprint density at radius 3 is 2.39 bits per heavy atom. The third-order valence-corrected chi connectivity index (χ3v) is 3.59. The van der Waals surface area contributed by atoms with Crippen LogP contribution in [0.1, 0.15) is 55.8 Å². The minimum Gasteiger partial charge on any atom is -0.287 e. The molecule has 0 bridgehead atoms.